The molecular weight excluding hydrogens is 150 g/mol. The predicted octanol–water partition coefficient (Wildman–Crippen LogP) is 2.29. The summed E-state index contributed by atoms with van der Waals surface area (Å²) in [6.45, 7) is 13.0. The minimum absolute atomic E-state index is 0.167. The molecule has 12 heavy (non-hydrogen) atoms. The van der Waals surface area contributed by atoms with Crippen molar-refractivity contribution in [2.24, 2.45) is 5.41 Å². The van der Waals surface area contributed by atoms with E-state index in [-0.39, 0.29) is 11.3 Å². The van der Waals surface area contributed by atoms with Crippen LogP contribution in [0.5, 0.6) is 0 Å². The number of rotatable bonds is 2. The zero-order valence-corrected chi connectivity index (χ0v) is 9.14. The van der Waals surface area contributed by atoms with Gasteiger partial charge in [-0.3, -0.25) is 4.79 Å². The second-order valence-electron chi connectivity index (χ2n) is 4.80. The van der Waals surface area contributed by atoms with E-state index in [1.807, 2.05) is 18.7 Å². The van der Waals surface area contributed by atoms with E-state index in [0.29, 0.717) is 6.04 Å². The van der Waals surface area contributed by atoms with Gasteiger partial charge in [0.1, 0.15) is 0 Å². The lowest BCUT2D eigenvalue weighted by Crippen LogP contribution is -2.40. The Morgan fingerprint density at radius 1 is 1.33 bits per heavy atom. The van der Waals surface area contributed by atoms with Gasteiger partial charge in [0.2, 0.25) is 5.91 Å². The van der Waals surface area contributed by atoms with Crippen molar-refractivity contribution in [3.8, 4) is 0 Å². The van der Waals surface area contributed by atoms with E-state index in [0.717, 1.165) is 6.54 Å². The molecule has 0 aromatic heterocycles. The first-order valence-electron chi connectivity index (χ1n) is 4.51. The first-order valence-corrected chi connectivity index (χ1v) is 4.51. The van der Waals surface area contributed by atoms with Crippen molar-refractivity contribution in [1.29, 1.82) is 0 Å². The fraction of sp³-hybridized carbons (Fsp3) is 0.900. The molecule has 0 aliphatic heterocycles. The summed E-state index contributed by atoms with van der Waals surface area (Å²) in [5.74, 6) is 0.167. The molecule has 0 atom stereocenters. The van der Waals surface area contributed by atoms with E-state index in [2.05, 4.69) is 20.8 Å². The molecule has 72 valence electrons. The summed E-state index contributed by atoms with van der Waals surface area (Å²) in [7, 11) is 0. The molecule has 0 aliphatic rings. The molecule has 1 amide bonds. The van der Waals surface area contributed by atoms with Gasteiger partial charge in [0.15, 0.2) is 0 Å². The summed E-state index contributed by atoms with van der Waals surface area (Å²) in [4.78, 5) is 13.1. The first kappa shape index (κ1) is 11.5. The molecule has 0 aromatic carbocycles. The largest absolute Gasteiger partial charge is 0.340 e. The van der Waals surface area contributed by atoms with E-state index in [1.54, 1.807) is 6.92 Å². The number of carbonyl (C=O) groups excluding carboxylic acids is 1. The van der Waals surface area contributed by atoms with Crippen LogP contribution >= 0.6 is 0 Å². The van der Waals surface area contributed by atoms with E-state index in [9.17, 15) is 4.79 Å². The number of nitrogens with zero attached hydrogens (tertiary/aromatic N) is 1. The summed E-state index contributed by atoms with van der Waals surface area (Å²) < 4.78 is 0. The summed E-state index contributed by atoms with van der Waals surface area (Å²) in [5.41, 5.74) is 0.190. The topological polar surface area (TPSA) is 20.3 Å². The first-order chi connectivity index (χ1) is 5.24. The Morgan fingerprint density at radius 3 is 1.83 bits per heavy atom. The van der Waals surface area contributed by atoms with Crippen LogP contribution in [-0.2, 0) is 4.79 Å². The highest BCUT2D eigenvalue weighted by Crippen LogP contribution is 2.16. The molecule has 0 bridgehead atoms. The van der Waals surface area contributed by atoms with Crippen LogP contribution in [0.3, 0.4) is 0 Å². The molecule has 0 unspecified atom stereocenters. The molecule has 0 saturated carbocycles. The van der Waals surface area contributed by atoms with E-state index in [4.69, 9.17) is 0 Å². The maximum atomic E-state index is 11.2. The molecule has 0 N–H and O–H groups in total. The molecule has 0 aliphatic carbocycles. The third-order valence-corrected chi connectivity index (χ3v) is 1.67. The van der Waals surface area contributed by atoms with Crippen LogP contribution in [-0.4, -0.2) is 23.4 Å². The van der Waals surface area contributed by atoms with Gasteiger partial charge in [0, 0.05) is 19.5 Å². The Hall–Kier alpha value is -0.530. The van der Waals surface area contributed by atoms with Crippen LogP contribution in [0.25, 0.3) is 0 Å². The summed E-state index contributed by atoms with van der Waals surface area (Å²) in [6.07, 6.45) is 0. The van der Waals surface area contributed by atoms with Crippen LogP contribution in [0.1, 0.15) is 41.5 Å². The smallest absolute Gasteiger partial charge is 0.219 e. The number of amides is 1. The highest BCUT2D eigenvalue weighted by atomic mass is 16.2. The average Bonchev–Trinajstić information content (AvgIpc) is 1.79. The van der Waals surface area contributed by atoms with Gasteiger partial charge in [-0.15, -0.1) is 0 Å². The lowest BCUT2D eigenvalue weighted by Gasteiger charge is -2.32. The van der Waals surface area contributed by atoms with E-state index < -0.39 is 0 Å². The van der Waals surface area contributed by atoms with Crippen LogP contribution in [0.2, 0.25) is 0 Å². The molecule has 0 aromatic rings. The highest BCUT2D eigenvalue weighted by molar-refractivity contribution is 5.73. The SMILES string of the molecule is CC(=O)N(CC(C)(C)C)C(C)C. The standard InChI is InChI=1S/C10H21NO/c1-8(2)11(9(3)12)7-10(4,5)6/h8H,7H2,1-6H3. The molecule has 0 rings (SSSR count). The normalized spacial score (nSPS) is 11.9. The Morgan fingerprint density at radius 2 is 1.75 bits per heavy atom. The van der Waals surface area contributed by atoms with Gasteiger partial charge in [0.25, 0.3) is 0 Å². The number of carbonyl (C=O) groups is 1. The lowest BCUT2D eigenvalue weighted by atomic mass is 9.95. The van der Waals surface area contributed by atoms with Gasteiger partial charge in [-0.1, -0.05) is 20.8 Å². The van der Waals surface area contributed by atoms with Gasteiger partial charge in [-0.05, 0) is 19.3 Å². The van der Waals surface area contributed by atoms with Crippen molar-refractivity contribution in [3.63, 3.8) is 0 Å². The van der Waals surface area contributed by atoms with Gasteiger partial charge < -0.3 is 4.90 Å². The zero-order chi connectivity index (χ0) is 9.94. The molecule has 0 fully saturated rings. The second kappa shape index (κ2) is 3.92. The van der Waals surface area contributed by atoms with Crippen LogP contribution in [0, 0.1) is 5.41 Å². The van der Waals surface area contributed by atoms with Crippen LogP contribution in [0.15, 0.2) is 0 Å². The number of hydrogen-bond acceptors (Lipinski definition) is 1. The molecule has 0 saturated heterocycles. The molecule has 0 radical (unpaired) electrons. The van der Waals surface area contributed by atoms with E-state index in [1.165, 1.54) is 0 Å². The van der Waals surface area contributed by atoms with Crippen molar-refractivity contribution in [3.05, 3.63) is 0 Å². The van der Waals surface area contributed by atoms with Crippen molar-refractivity contribution in [2.45, 2.75) is 47.6 Å². The Bertz CT molecular complexity index is 156. The van der Waals surface area contributed by atoms with Crippen molar-refractivity contribution < 1.29 is 4.79 Å². The maximum Gasteiger partial charge on any atom is 0.219 e. The third kappa shape index (κ3) is 4.37. The van der Waals surface area contributed by atoms with Crippen molar-refractivity contribution in [1.82, 2.24) is 4.90 Å². The summed E-state index contributed by atoms with van der Waals surface area (Å²) in [5, 5.41) is 0. The monoisotopic (exact) mass is 171 g/mol. The van der Waals surface area contributed by atoms with Gasteiger partial charge in [-0.2, -0.15) is 0 Å². The summed E-state index contributed by atoms with van der Waals surface area (Å²) >= 11 is 0. The molecule has 0 heterocycles. The Balaban J connectivity index is 4.25. The van der Waals surface area contributed by atoms with Gasteiger partial charge in [-0.25, -0.2) is 0 Å². The van der Waals surface area contributed by atoms with Crippen LogP contribution < -0.4 is 0 Å². The second-order valence-corrected chi connectivity index (χ2v) is 4.80. The molecular formula is C10H21NO. The fourth-order valence-corrected chi connectivity index (χ4v) is 1.17. The lowest BCUT2D eigenvalue weighted by molar-refractivity contribution is -0.131. The van der Waals surface area contributed by atoms with Gasteiger partial charge in [0.05, 0.1) is 0 Å². The summed E-state index contributed by atoms with van der Waals surface area (Å²) in [6, 6.07) is 0.307. The minimum atomic E-state index is 0.167. The zero-order valence-electron chi connectivity index (χ0n) is 9.14. The maximum absolute atomic E-state index is 11.2. The molecule has 2 nitrogen and oxygen atoms in total. The van der Waals surface area contributed by atoms with Gasteiger partial charge >= 0.3 is 0 Å². The average molecular weight is 171 g/mol. The molecule has 2 heteroatoms. The Kier molecular flexibility index (Phi) is 3.75. The van der Waals surface area contributed by atoms with Crippen LogP contribution in [0.4, 0.5) is 0 Å². The predicted molar refractivity (Wildman–Crippen MR) is 52.0 cm³/mol. The highest BCUT2D eigenvalue weighted by Gasteiger charge is 2.20. The number of hydrogen-bond donors (Lipinski definition) is 0. The Labute approximate surface area is 75.9 Å². The minimum Gasteiger partial charge on any atom is -0.340 e. The third-order valence-electron chi connectivity index (χ3n) is 1.67. The van der Waals surface area contributed by atoms with E-state index >= 15 is 0 Å². The molecule has 0 spiro atoms. The van der Waals surface area contributed by atoms with Crippen molar-refractivity contribution >= 4 is 5.91 Å². The van der Waals surface area contributed by atoms with Crippen molar-refractivity contribution in [2.75, 3.05) is 6.54 Å². The quantitative estimate of drug-likeness (QED) is 0.624. The fourth-order valence-electron chi connectivity index (χ4n) is 1.17.